The van der Waals surface area contributed by atoms with Crippen molar-refractivity contribution in [3.05, 3.63) is 42.4 Å². The van der Waals surface area contributed by atoms with Crippen molar-refractivity contribution >= 4 is 23.3 Å². The van der Waals surface area contributed by atoms with Crippen molar-refractivity contribution in [1.82, 2.24) is 5.32 Å². The van der Waals surface area contributed by atoms with Gasteiger partial charge in [-0.1, -0.05) is 0 Å². The van der Waals surface area contributed by atoms with Crippen LogP contribution < -0.4 is 20.7 Å². The molecule has 0 aliphatic carbocycles. The van der Waals surface area contributed by atoms with Crippen molar-refractivity contribution in [2.24, 2.45) is 0 Å². The molecule has 0 atom stereocenters. The molecule has 7 nitrogen and oxygen atoms in total. The maximum Gasteiger partial charge on any atom is 0.319 e. The van der Waals surface area contributed by atoms with E-state index in [-0.39, 0.29) is 11.9 Å². The number of nitrogens with one attached hydrogen (secondary N) is 3. The maximum atomic E-state index is 11.8. The van der Waals surface area contributed by atoms with Gasteiger partial charge in [0, 0.05) is 24.7 Å². The number of amides is 3. The van der Waals surface area contributed by atoms with Gasteiger partial charge < -0.3 is 25.1 Å². The first-order chi connectivity index (χ1) is 10.6. The highest BCUT2D eigenvalue weighted by Gasteiger charge is 2.08. The molecule has 0 fully saturated rings. The van der Waals surface area contributed by atoms with E-state index in [4.69, 9.17) is 9.15 Å². The predicted octanol–water partition coefficient (Wildman–Crippen LogP) is 2.57. The number of hydrogen-bond acceptors (Lipinski definition) is 4. The van der Waals surface area contributed by atoms with E-state index in [9.17, 15) is 9.59 Å². The van der Waals surface area contributed by atoms with E-state index in [1.54, 1.807) is 30.5 Å². The molecule has 7 heteroatoms. The van der Waals surface area contributed by atoms with Gasteiger partial charge >= 0.3 is 6.03 Å². The molecule has 2 aromatic rings. The van der Waals surface area contributed by atoms with Crippen LogP contribution in [-0.2, 0) is 11.3 Å². The van der Waals surface area contributed by atoms with Gasteiger partial charge in [-0.15, -0.1) is 0 Å². The topological polar surface area (TPSA) is 92.6 Å². The average molecular weight is 303 g/mol. The number of rotatable bonds is 5. The number of urea groups is 1. The van der Waals surface area contributed by atoms with E-state index in [1.807, 2.05) is 0 Å². The lowest BCUT2D eigenvalue weighted by atomic mass is 10.2. The van der Waals surface area contributed by atoms with Gasteiger partial charge in [-0.3, -0.25) is 4.79 Å². The summed E-state index contributed by atoms with van der Waals surface area (Å²) in [4.78, 5) is 23.0. The van der Waals surface area contributed by atoms with E-state index >= 15 is 0 Å². The molecule has 22 heavy (non-hydrogen) atoms. The van der Waals surface area contributed by atoms with Gasteiger partial charge in [-0.25, -0.2) is 4.79 Å². The summed E-state index contributed by atoms with van der Waals surface area (Å²) in [6.07, 6.45) is 3.10. The number of ether oxygens (including phenoxy) is 1. The van der Waals surface area contributed by atoms with Gasteiger partial charge in [-0.05, 0) is 24.3 Å². The van der Waals surface area contributed by atoms with Gasteiger partial charge in [0.1, 0.15) is 5.75 Å². The first kappa shape index (κ1) is 15.4. The fourth-order valence-electron chi connectivity index (χ4n) is 1.82. The van der Waals surface area contributed by atoms with Crippen LogP contribution in [0.1, 0.15) is 12.5 Å². The quantitative estimate of drug-likeness (QED) is 0.791. The minimum absolute atomic E-state index is 0.222. The molecule has 0 unspecified atom stereocenters. The van der Waals surface area contributed by atoms with Crippen molar-refractivity contribution in [3.63, 3.8) is 0 Å². The Kier molecular flexibility index (Phi) is 5.02. The second-order valence-corrected chi connectivity index (χ2v) is 4.54. The third-order valence-corrected chi connectivity index (χ3v) is 2.80. The molecule has 3 amide bonds. The number of anilines is 2. The minimum atomic E-state index is -0.361. The Morgan fingerprint density at radius 2 is 2.05 bits per heavy atom. The molecule has 1 aromatic carbocycles. The van der Waals surface area contributed by atoms with Crippen LogP contribution in [-0.4, -0.2) is 19.0 Å². The molecule has 1 aromatic heterocycles. The molecule has 3 N–H and O–H groups in total. The Bertz CT molecular complexity index is 653. The number of hydrogen-bond donors (Lipinski definition) is 3. The molecule has 0 saturated carbocycles. The first-order valence-electron chi connectivity index (χ1n) is 6.60. The summed E-state index contributed by atoms with van der Waals surface area (Å²) in [7, 11) is 1.51. The number of carbonyl (C=O) groups is 2. The summed E-state index contributed by atoms with van der Waals surface area (Å²) >= 11 is 0. The third kappa shape index (κ3) is 4.27. The molecule has 2 rings (SSSR count). The van der Waals surface area contributed by atoms with E-state index in [1.165, 1.54) is 20.3 Å². The lowest BCUT2D eigenvalue weighted by Crippen LogP contribution is -2.28. The van der Waals surface area contributed by atoms with Gasteiger partial charge in [-0.2, -0.15) is 0 Å². The zero-order valence-electron chi connectivity index (χ0n) is 12.3. The maximum absolute atomic E-state index is 11.8. The van der Waals surface area contributed by atoms with Crippen molar-refractivity contribution in [2.75, 3.05) is 17.7 Å². The van der Waals surface area contributed by atoms with Crippen LogP contribution in [0.3, 0.4) is 0 Å². The van der Waals surface area contributed by atoms with Gasteiger partial charge in [0.25, 0.3) is 0 Å². The Morgan fingerprint density at radius 3 is 2.68 bits per heavy atom. The zero-order valence-corrected chi connectivity index (χ0v) is 12.3. The SMILES string of the molecule is COc1ccc(NC(=O)NCc2ccoc2)cc1NC(C)=O. The molecule has 116 valence electrons. The van der Waals surface area contributed by atoms with E-state index in [2.05, 4.69) is 16.0 Å². The molecule has 0 bridgehead atoms. The highest BCUT2D eigenvalue weighted by atomic mass is 16.5. The van der Waals surface area contributed by atoms with Crippen LogP contribution in [0.15, 0.2) is 41.2 Å². The highest BCUT2D eigenvalue weighted by Crippen LogP contribution is 2.27. The Balaban J connectivity index is 1.99. The summed E-state index contributed by atoms with van der Waals surface area (Å²) in [6, 6.07) is 6.37. The summed E-state index contributed by atoms with van der Waals surface area (Å²) in [5.41, 5.74) is 1.89. The lowest BCUT2D eigenvalue weighted by molar-refractivity contribution is -0.114. The second kappa shape index (κ2) is 7.16. The van der Waals surface area contributed by atoms with Crippen LogP contribution in [0, 0.1) is 0 Å². The monoisotopic (exact) mass is 303 g/mol. The van der Waals surface area contributed by atoms with Crippen molar-refractivity contribution < 1.29 is 18.7 Å². The van der Waals surface area contributed by atoms with Crippen LogP contribution in [0.4, 0.5) is 16.2 Å². The lowest BCUT2D eigenvalue weighted by Gasteiger charge is -2.12. The van der Waals surface area contributed by atoms with Crippen LogP contribution >= 0.6 is 0 Å². The molecular weight excluding hydrogens is 286 g/mol. The van der Waals surface area contributed by atoms with Gasteiger partial charge in [0.05, 0.1) is 25.3 Å². The molecule has 0 aliphatic rings. The number of furan rings is 1. The summed E-state index contributed by atoms with van der Waals surface area (Å²) in [6.45, 7) is 1.76. The molecule has 0 radical (unpaired) electrons. The number of carbonyl (C=O) groups excluding carboxylic acids is 2. The van der Waals surface area contributed by atoms with Crippen molar-refractivity contribution in [3.8, 4) is 5.75 Å². The van der Waals surface area contributed by atoms with Crippen LogP contribution in [0.25, 0.3) is 0 Å². The zero-order chi connectivity index (χ0) is 15.9. The Labute approximate surface area is 127 Å². The average Bonchev–Trinajstić information content (AvgIpc) is 2.98. The molecule has 0 spiro atoms. The molecule has 0 saturated heterocycles. The summed E-state index contributed by atoms with van der Waals surface area (Å²) < 4.78 is 10.1. The summed E-state index contributed by atoms with van der Waals surface area (Å²) in [5, 5.41) is 8.02. The standard InChI is InChI=1S/C15H17N3O4/c1-10(19)17-13-7-12(3-4-14(13)21-2)18-15(20)16-8-11-5-6-22-9-11/h3-7,9H,8H2,1-2H3,(H,17,19)(H2,16,18,20). The number of benzene rings is 1. The third-order valence-electron chi connectivity index (χ3n) is 2.80. The van der Waals surface area contributed by atoms with E-state index in [0.29, 0.717) is 23.7 Å². The Hall–Kier alpha value is -2.96. The normalized spacial score (nSPS) is 9.91. The fourth-order valence-corrected chi connectivity index (χ4v) is 1.82. The first-order valence-corrected chi connectivity index (χ1v) is 6.60. The number of methoxy groups -OCH3 is 1. The second-order valence-electron chi connectivity index (χ2n) is 4.54. The van der Waals surface area contributed by atoms with Crippen LogP contribution in [0.2, 0.25) is 0 Å². The predicted molar refractivity (Wildman–Crippen MR) is 81.9 cm³/mol. The van der Waals surface area contributed by atoms with Crippen LogP contribution in [0.5, 0.6) is 5.75 Å². The van der Waals surface area contributed by atoms with Crippen molar-refractivity contribution in [1.29, 1.82) is 0 Å². The highest BCUT2D eigenvalue weighted by molar-refractivity contribution is 5.94. The molecular formula is C15H17N3O4. The van der Waals surface area contributed by atoms with Crippen molar-refractivity contribution in [2.45, 2.75) is 13.5 Å². The van der Waals surface area contributed by atoms with E-state index < -0.39 is 0 Å². The largest absolute Gasteiger partial charge is 0.495 e. The molecule has 0 aliphatic heterocycles. The van der Waals surface area contributed by atoms with Gasteiger partial charge in [0.2, 0.25) is 5.91 Å². The van der Waals surface area contributed by atoms with Gasteiger partial charge in [0.15, 0.2) is 0 Å². The molecule has 1 heterocycles. The fraction of sp³-hybridized carbons (Fsp3) is 0.200. The smallest absolute Gasteiger partial charge is 0.319 e. The minimum Gasteiger partial charge on any atom is -0.495 e. The van der Waals surface area contributed by atoms with E-state index in [0.717, 1.165) is 5.56 Å². The summed E-state index contributed by atoms with van der Waals surface area (Å²) in [5.74, 6) is 0.291. The Morgan fingerprint density at radius 1 is 1.23 bits per heavy atom.